The van der Waals surface area contributed by atoms with Gasteiger partial charge in [-0.1, -0.05) is 6.92 Å². The molecule has 0 saturated heterocycles. The maximum atomic E-state index is 10.9. The second-order valence-electron chi connectivity index (χ2n) is 5.76. The van der Waals surface area contributed by atoms with Crippen molar-refractivity contribution in [3.8, 4) is 5.75 Å². The van der Waals surface area contributed by atoms with Crippen molar-refractivity contribution in [2.24, 2.45) is 5.92 Å². The predicted molar refractivity (Wildman–Crippen MR) is 78.3 cm³/mol. The lowest BCUT2D eigenvalue weighted by Crippen LogP contribution is -2.26. The van der Waals surface area contributed by atoms with E-state index in [1.165, 1.54) is 18.9 Å². The average Bonchev–Trinajstić information content (AvgIpc) is 3.18. The van der Waals surface area contributed by atoms with Gasteiger partial charge in [0.25, 0.3) is 5.69 Å². The van der Waals surface area contributed by atoms with Gasteiger partial charge in [0.05, 0.1) is 17.6 Å². The average molecular weight is 278 g/mol. The summed E-state index contributed by atoms with van der Waals surface area (Å²) in [6.07, 6.45) is 2.55. The van der Waals surface area contributed by atoms with Crippen molar-refractivity contribution in [2.75, 3.05) is 13.2 Å². The predicted octanol–water partition coefficient (Wildman–Crippen LogP) is 2.98. The number of nitro benzene ring substituents is 1. The van der Waals surface area contributed by atoms with Crippen LogP contribution in [0.4, 0.5) is 5.69 Å². The van der Waals surface area contributed by atoms with E-state index in [1.807, 2.05) is 6.92 Å². The monoisotopic (exact) mass is 278 g/mol. The van der Waals surface area contributed by atoms with E-state index >= 15 is 0 Å². The van der Waals surface area contributed by atoms with E-state index in [9.17, 15) is 10.1 Å². The van der Waals surface area contributed by atoms with Gasteiger partial charge in [0.1, 0.15) is 5.75 Å². The first kappa shape index (κ1) is 14.8. The number of nitrogens with one attached hydrogen (secondary N) is 1. The summed E-state index contributed by atoms with van der Waals surface area (Å²) < 4.78 is 5.75. The van der Waals surface area contributed by atoms with Crippen LogP contribution in [0.3, 0.4) is 0 Å². The molecule has 0 bridgehead atoms. The zero-order valence-corrected chi connectivity index (χ0v) is 12.3. The third-order valence-corrected chi connectivity index (χ3v) is 3.55. The lowest BCUT2D eigenvalue weighted by molar-refractivity contribution is -0.385. The Labute approximate surface area is 119 Å². The smallest absolute Gasteiger partial charge is 0.276 e. The summed E-state index contributed by atoms with van der Waals surface area (Å²) >= 11 is 0. The Morgan fingerprint density at radius 3 is 2.70 bits per heavy atom. The molecule has 1 fully saturated rings. The first-order valence-electron chi connectivity index (χ1n) is 7.09. The summed E-state index contributed by atoms with van der Waals surface area (Å²) in [7, 11) is 0. The number of nitro groups is 1. The summed E-state index contributed by atoms with van der Waals surface area (Å²) in [5, 5.41) is 14.4. The fourth-order valence-corrected chi connectivity index (χ4v) is 2.12. The van der Waals surface area contributed by atoms with Crippen LogP contribution < -0.4 is 10.1 Å². The molecule has 110 valence electrons. The Morgan fingerprint density at radius 1 is 1.40 bits per heavy atom. The molecule has 0 aromatic heterocycles. The molecule has 0 heterocycles. The number of benzene rings is 1. The van der Waals surface area contributed by atoms with E-state index in [-0.39, 0.29) is 10.6 Å². The standard InChI is InChI=1S/C15H22N2O3/c1-10(8-16-13-4-5-13)9-20-15-7-14(17(18)19)11(2)6-12(15)3/h6-7,10,13,16H,4-5,8-9H2,1-3H3. The topological polar surface area (TPSA) is 64.4 Å². The molecule has 0 aliphatic heterocycles. The zero-order chi connectivity index (χ0) is 14.7. The van der Waals surface area contributed by atoms with Crippen molar-refractivity contribution in [3.05, 3.63) is 33.4 Å². The maximum Gasteiger partial charge on any atom is 0.276 e. The number of rotatable bonds is 7. The van der Waals surface area contributed by atoms with Crippen LogP contribution in [-0.2, 0) is 0 Å². The zero-order valence-electron chi connectivity index (χ0n) is 12.3. The third kappa shape index (κ3) is 3.93. The molecule has 0 spiro atoms. The lowest BCUT2D eigenvalue weighted by atomic mass is 10.1. The van der Waals surface area contributed by atoms with Crippen molar-refractivity contribution in [2.45, 2.75) is 39.7 Å². The van der Waals surface area contributed by atoms with E-state index in [4.69, 9.17) is 4.74 Å². The molecule has 1 atom stereocenters. The number of aryl methyl sites for hydroxylation is 2. The fraction of sp³-hybridized carbons (Fsp3) is 0.600. The molecule has 5 nitrogen and oxygen atoms in total. The normalized spacial score (nSPS) is 15.9. The highest BCUT2D eigenvalue weighted by atomic mass is 16.6. The van der Waals surface area contributed by atoms with Gasteiger partial charge in [-0.3, -0.25) is 10.1 Å². The van der Waals surface area contributed by atoms with Crippen LogP contribution in [0.5, 0.6) is 5.75 Å². The van der Waals surface area contributed by atoms with E-state index in [2.05, 4.69) is 12.2 Å². The molecular formula is C15H22N2O3. The summed E-state index contributed by atoms with van der Waals surface area (Å²) in [6.45, 7) is 7.28. The molecule has 1 N–H and O–H groups in total. The Kier molecular flexibility index (Phi) is 4.60. The Hall–Kier alpha value is -1.62. The number of hydrogen-bond acceptors (Lipinski definition) is 4. The first-order chi connectivity index (χ1) is 9.47. The number of ether oxygens (including phenoxy) is 1. The van der Waals surface area contributed by atoms with Gasteiger partial charge in [0, 0.05) is 24.1 Å². The van der Waals surface area contributed by atoms with Crippen molar-refractivity contribution >= 4 is 5.69 Å². The molecule has 1 aromatic rings. The second-order valence-corrected chi connectivity index (χ2v) is 5.76. The maximum absolute atomic E-state index is 10.9. The Bertz CT molecular complexity index is 498. The van der Waals surface area contributed by atoms with Gasteiger partial charge in [0.15, 0.2) is 0 Å². The highest BCUT2D eigenvalue weighted by Gasteiger charge is 2.21. The minimum absolute atomic E-state index is 0.120. The summed E-state index contributed by atoms with van der Waals surface area (Å²) in [4.78, 5) is 10.6. The SMILES string of the molecule is Cc1cc(C)c([N+](=O)[O-])cc1OCC(C)CNC1CC1. The van der Waals surface area contributed by atoms with E-state index in [0.717, 1.165) is 12.1 Å². The fourth-order valence-electron chi connectivity index (χ4n) is 2.12. The molecular weight excluding hydrogens is 256 g/mol. The minimum Gasteiger partial charge on any atom is -0.493 e. The van der Waals surface area contributed by atoms with E-state index in [1.54, 1.807) is 13.0 Å². The largest absolute Gasteiger partial charge is 0.493 e. The van der Waals surface area contributed by atoms with Gasteiger partial charge in [-0.25, -0.2) is 0 Å². The molecule has 0 amide bonds. The third-order valence-electron chi connectivity index (χ3n) is 3.55. The molecule has 1 saturated carbocycles. The number of hydrogen-bond donors (Lipinski definition) is 1. The van der Waals surface area contributed by atoms with Crippen LogP contribution in [0.2, 0.25) is 0 Å². The Morgan fingerprint density at radius 2 is 2.10 bits per heavy atom. The molecule has 1 aliphatic carbocycles. The molecule has 0 radical (unpaired) electrons. The van der Waals surface area contributed by atoms with Crippen molar-refractivity contribution in [3.63, 3.8) is 0 Å². The van der Waals surface area contributed by atoms with Crippen LogP contribution >= 0.6 is 0 Å². The summed E-state index contributed by atoms with van der Waals surface area (Å²) in [5.74, 6) is 0.996. The quantitative estimate of drug-likeness (QED) is 0.615. The summed E-state index contributed by atoms with van der Waals surface area (Å²) in [5.41, 5.74) is 1.73. The van der Waals surface area contributed by atoms with Crippen molar-refractivity contribution in [1.29, 1.82) is 0 Å². The lowest BCUT2D eigenvalue weighted by Gasteiger charge is -2.15. The van der Waals surface area contributed by atoms with Crippen LogP contribution in [-0.4, -0.2) is 24.1 Å². The molecule has 1 aliphatic rings. The van der Waals surface area contributed by atoms with Crippen LogP contribution in [0, 0.1) is 29.9 Å². The highest BCUT2D eigenvalue weighted by Crippen LogP contribution is 2.28. The van der Waals surface area contributed by atoms with Crippen LogP contribution in [0.25, 0.3) is 0 Å². The second kappa shape index (κ2) is 6.22. The van der Waals surface area contributed by atoms with Gasteiger partial charge in [0.2, 0.25) is 0 Å². The van der Waals surface area contributed by atoms with E-state index < -0.39 is 0 Å². The molecule has 5 heteroatoms. The van der Waals surface area contributed by atoms with Gasteiger partial charge >= 0.3 is 0 Å². The van der Waals surface area contributed by atoms with Gasteiger partial charge in [-0.15, -0.1) is 0 Å². The van der Waals surface area contributed by atoms with Crippen molar-refractivity contribution in [1.82, 2.24) is 5.32 Å². The first-order valence-corrected chi connectivity index (χ1v) is 7.09. The molecule has 1 unspecified atom stereocenters. The minimum atomic E-state index is -0.361. The van der Waals surface area contributed by atoms with Gasteiger partial charge < -0.3 is 10.1 Å². The molecule has 1 aromatic carbocycles. The van der Waals surface area contributed by atoms with Gasteiger partial charge in [-0.05, 0) is 38.3 Å². The van der Waals surface area contributed by atoms with Crippen molar-refractivity contribution < 1.29 is 9.66 Å². The highest BCUT2D eigenvalue weighted by molar-refractivity contribution is 5.49. The molecule has 20 heavy (non-hydrogen) atoms. The van der Waals surface area contributed by atoms with Crippen LogP contribution in [0.1, 0.15) is 30.9 Å². The summed E-state index contributed by atoms with van der Waals surface area (Å²) in [6, 6.07) is 4.03. The van der Waals surface area contributed by atoms with Crippen LogP contribution in [0.15, 0.2) is 12.1 Å². The number of nitrogens with zero attached hydrogens (tertiary/aromatic N) is 1. The Balaban J connectivity index is 1.93. The van der Waals surface area contributed by atoms with E-state index in [0.29, 0.717) is 29.9 Å². The molecule has 2 rings (SSSR count). The van der Waals surface area contributed by atoms with Gasteiger partial charge in [-0.2, -0.15) is 0 Å².